The van der Waals surface area contributed by atoms with Crippen LogP contribution in [0, 0.1) is 5.41 Å². The highest BCUT2D eigenvalue weighted by Crippen LogP contribution is 2.49. The molecule has 0 radical (unpaired) electrons. The Morgan fingerprint density at radius 1 is 1.33 bits per heavy atom. The summed E-state index contributed by atoms with van der Waals surface area (Å²) in [7, 11) is 0. The van der Waals surface area contributed by atoms with E-state index in [1.165, 1.54) is 19.3 Å². The SMILES string of the molecule is CCC1(CN2CNC(c3ccccc3)C2=O)CC1. The van der Waals surface area contributed by atoms with E-state index in [9.17, 15) is 4.79 Å². The molecule has 3 rings (SSSR count). The van der Waals surface area contributed by atoms with Crippen molar-refractivity contribution in [3.05, 3.63) is 35.9 Å². The van der Waals surface area contributed by atoms with Crippen molar-refractivity contribution in [3.63, 3.8) is 0 Å². The lowest BCUT2D eigenvalue weighted by atomic mass is 10.0. The third-order valence-corrected chi connectivity index (χ3v) is 4.41. The van der Waals surface area contributed by atoms with Crippen LogP contribution in [0.1, 0.15) is 37.8 Å². The van der Waals surface area contributed by atoms with Gasteiger partial charge in [0.2, 0.25) is 5.91 Å². The van der Waals surface area contributed by atoms with Gasteiger partial charge in [-0.15, -0.1) is 0 Å². The number of carbonyl (C=O) groups excluding carboxylic acids is 1. The molecule has 1 amide bonds. The van der Waals surface area contributed by atoms with Gasteiger partial charge in [0.25, 0.3) is 0 Å². The van der Waals surface area contributed by atoms with Crippen LogP contribution in [0.15, 0.2) is 30.3 Å². The highest BCUT2D eigenvalue weighted by Gasteiger charge is 2.45. The summed E-state index contributed by atoms with van der Waals surface area (Å²) < 4.78 is 0. The maximum atomic E-state index is 12.4. The van der Waals surface area contributed by atoms with E-state index < -0.39 is 0 Å². The number of nitrogens with one attached hydrogen (secondary N) is 1. The smallest absolute Gasteiger partial charge is 0.245 e. The standard InChI is InChI=1S/C15H20N2O/c1-2-15(8-9-15)10-17-11-16-13(14(17)18)12-6-4-3-5-7-12/h3-7,13,16H,2,8-11H2,1H3. The third-order valence-electron chi connectivity index (χ3n) is 4.41. The van der Waals surface area contributed by atoms with Crippen molar-refractivity contribution in [2.75, 3.05) is 13.2 Å². The van der Waals surface area contributed by atoms with Gasteiger partial charge in [0.05, 0.1) is 6.67 Å². The molecule has 18 heavy (non-hydrogen) atoms. The zero-order valence-electron chi connectivity index (χ0n) is 10.9. The van der Waals surface area contributed by atoms with Crippen molar-refractivity contribution in [2.45, 2.75) is 32.2 Å². The minimum absolute atomic E-state index is 0.140. The Hall–Kier alpha value is -1.35. The maximum Gasteiger partial charge on any atom is 0.245 e. The van der Waals surface area contributed by atoms with Gasteiger partial charge in [-0.1, -0.05) is 37.3 Å². The van der Waals surface area contributed by atoms with Gasteiger partial charge < -0.3 is 4.90 Å². The number of nitrogens with zero attached hydrogens (tertiary/aromatic N) is 1. The number of carbonyl (C=O) groups is 1. The summed E-state index contributed by atoms with van der Waals surface area (Å²) in [6.07, 6.45) is 3.75. The van der Waals surface area contributed by atoms with Gasteiger partial charge in [0.1, 0.15) is 6.04 Å². The molecular weight excluding hydrogens is 224 g/mol. The molecule has 0 bridgehead atoms. The van der Waals surface area contributed by atoms with E-state index in [1.54, 1.807) is 0 Å². The Bertz CT molecular complexity index is 439. The molecule has 96 valence electrons. The summed E-state index contributed by atoms with van der Waals surface area (Å²) in [6.45, 7) is 3.86. The number of benzene rings is 1. The lowest BCUT2D eigenvalue weighted by Crippen LogP contribution is -2.32. The largest absolute Gasteiger partial charge is 0.328 e. The average Bonchev–Trinajstić information content (AvgIpc) is 3.10. The van der Waals surface area contributed by atoms with Crippen molar-refractivity contribution < 1.29 is 4.79 Å². The normalized spacial score (nSPS) is 25.5. The van der Waals surface area contributed by atoms with Crippen molar-refractivity contribution >= 4 is 5.91 Å². The molecule has 1 unspecified atom stereocenters. The zero-order chi connectivity index (χ0) is 12.6. The summed E-state index contributed by atoms with van der Waals surface area (Å²) >= 11 is 0. The molecule has 1 saturated carbocycles. The fraction of sp³-hybridized carbons (Fsp3) is 0.533. The minimum atomic E-state index is -0.140. The maximum absolute atomic E-state index is 12.4. The fourth-order valence-electron chi connectivity index (χ4n) is 2.79. The summed E-state index contributed by atoms with van der Waals surface area (Å²) in [4.78, 5) is 14.4. The Morgan fingerprint density at radius 2 is 2.06 bits per heavy atom. The Balaban J connectivity index is 1.69. The van der Waals surface area contributed by atoms with Gasteiger partial charge in [-0.2, -0.15) is 0 Å². The van der Waals surface area contributed by atoms with Crippen LogP contribution in [0.3, 0.4) is 0 Å². The lowest BCUT2D eigenvalue weighted by molar-refractivity contribution is -0.129. The Kier molecular flexibility index (Phi) is 2.86. The van der Waals surface area contributed by atoms with Crippen molar-refractivity contribution in [1.29, 1.82) is 0 Å². The molecule has 0 spiro atoms. The first-order valence-corrected chi connectivity index (χ1v) is 6.81. The van der Waals surface area contributed by atoms with E-state index >= 15 is 0 Å². The van der Waals surface area contributed by atoms with Crippen LogP contribution in [0.25, 0.3) is 0 Å². The predicted molar refractivity (Wildman–Crippen MR) is 70.9 cm³/mol. The summed E-state index contributed by atoms with van der Waals surface area (Å²) in [5, 5.41) is 3.32. The average molecular weight is 244 g/mol. The number of hydrogen-bond acceptors (Lipinski definition) is 2. The molecular formula is C15H20N2O. The molecule has 1 N–H and O–H groups in total. The molecule has 2 aliphatic rings. The van der Waals surface area contributed by atoms with Crippen molar-refractivity contribution in [3.8, 4) is 0 Å². The van der Waals surface area contributed by atoms with Gasteiger partial charge in [-0.3, -0.25) is 10.1 Å². The Morgan fingerprint density at radius 3 is 2.67 bits per heavy atom. The second-order valence-electron chi connectivity index (χ2n) is 5.60. The molecule has 1 atom stereocenters. The monoisotopic (exact) mass is 244 g/mol. The third kappa shape index (κ3) is 2.03. The number of hydrogen-bond donors (Lipinski definition) is 1. The minimum Gasteiger partial charge on any atom is -0.328 e. The van der Waals surface area contributed by atoms with E-state index in [2.05, 4.69) is 12.2 Å². The van der Waals surface area contributed by atoms with E-state index in [-0.39, 0.29) is 11.9 Å². The molecule has 1 aliphatic heterocycles. The highest BCUT2D eigenvalue weighted by atomic mass is 16.2. The van der Waals surface area contributed by atoms with Crippen LogP contribution < -0.4 is 5.32 Å². The van der Waals surface area contributed by atoms with Crippen molar-refractivity contribution in [2.24, 2.45) is 5.41 Å². The van der Waals surface area contributed by atoms with Crippen molar-refractivity contribution in [1.82, 2.24) is 10.2 Å². The molecule has 3 heteroatoms. The molecule has 3 nitrogen and oxygen atoms in total. The van der Waals surface area contributed by atoms with E-state index in [1.807, 2.05) is 35.2 Å². The second-order valence-corrected chi connectivity index (χ2v) is 5.60. The van der Waals surface area contributed by atoms with Crippen LogP contribution in [-0.4, -0.2) is 24.0 Å². The van der Waals surface area contributed by atoms with Gasteiger partial charge in [-0.25, -0.2) is 0 Å². The molecule has 1 aromatic rings. The summed E-state index contributed by atoms with van der Waals surface area (Å²) in [6, 6.07) is 9.86. The second kappa shape index (κ2) is 4.39. The summed E-state index contributed by atoms with van der Waals surface area (Å²) in [5.41, 5.74) is 1.51. The van der Waals surface area contributed by atoms with E-state index in [0.29, 0.717) is 12.1 Å². The van der Waals surface area contributed by atoms with Crippen LogP contribution in [0.4, 0.5) is 0 Å². The van der Waals surface area contributed by atoms with E-state index in [0.717, 1.165) is 12.1 Å². The highest BCUT2D eigenvalue weighted by molar-refractivity contribution is 5.85. The molecule has 1 heterocycles. The fourth-order valence-corrected chi connectivity index (χ4v) is 2.79. The van der Waals surface area contributed by atoms with E-state index in [4.69, 9.17) is 0 Å². The molecule has 1 aromatic carbocycles. The van der Waals surface area contributed by atoms with Crippen LogP contribution >= 0.6 is 0 Å². The first kappa shape index (κ1) is 11.7. The van der Waals surface area contributed by atoms with Gasteiger partial charge in [0, 0.05) is 6.54 Å². The van der Waals surface area contributed by atoms with Gasteiger partial charge in [-0.05, 0) is 30.2 Å². The van der Waals surface area contributed by atoms with Gasteiger partial charge >= 0.3 is 0 Å². The Labute approximate surface area is 108 Å². The molecule has 2 fully saturated rings. The van der Waals surface area contributed by atoms with Crippen LogP contribution in [0.5, 0.6) is 0 Å². The van der Waals surface area contributed by atoms with Crippen LogP contribution in [0.2, 0.25) is 0 Å². The molecule has 1 saturated heterocycles. The molecule has 0 aromatic heterocycles. The number of amides is 1. The first-order valence-electron chi connectivity index (χ1n) is 6.81. The van der Waals surface area contributed by atoms with Crippen LogP contribution in [-0.2, 0) is 4.79 Å². The topological polar surface area (TPSA) is 32.3 Å². The predicted octanol–water partition coefficient (Wildman–Crippen LogP) is 2.31. The first-order chi connectivity index (χ1) is 8.74. The lowest BCUT2D eigenvalue weighted by Gasteiger charge is -2.21. The number of rotatable bonds is 4. The molecule has 1 aliphatic carbocycles. The zero-order valence-corrected chi connectivity index (χ0v) is 10.9. The quantitative estimate of drug-likeness (QED) is 0.881. The van der Waals surface area contributed by atoms with Gasteiger partial charge in [0.15, 0.2) is 0 Å². The summed E-state index contributed by atoms with van der Waals surface area (Å²) in [5.74, 6) is 0.237.